The van der Waals surface area contributed by atoms with Crippen molar-refractivity contribution in [1.29, 1.82) is 0 Å². The van der Waals surface area contributed by atoms with Crippen LogP contribution in [0.2, 0.25) is 0 Å². The zero-order valence-corrected chi connectivity index (χ0v) is 16.0. The molecule has 0 N–H and O–H groups in total. The minimum absolute atomic E-state index is 0.283. The van der Waals surface area contributed by atoms with Crippen molar-refractivity contribution in [1.82, 2.24) is 4.90 Å². The zero-order chi connectivity index (χ0) is 18.5. The number of carbonyl (C=O) groups excluding carboxylic acids is 1. The number of rotatable bonds is 6. The second-order valence-corrected chi connectivity index (χ2v) is 7.31. The van der Waals surface area contributed by atoms with Crippen molar-refractivity contribution in [2.24, 2.45) is 0 Å². The van der Waals surface area contributed by atoms with Gasteiger partial charge in [-0.1, -0.05) is 65.9 Å². The molecule has 1 fully saturated rings. The maximum atomic E-state index is 12.3. The molecule has 1 amide bonds. The van der Waals surface area contributed by atoms with Gasteiger partial charge in [0.1, 0.15) is 6.61 Å². The van der Waals surface area contributed by atoms with E-state index in [-0.39, 0.29) is 6.09 Å². The second-order valence-electron chi connectivity index (χ2n) is 6.28. The third-order valence-electron chi connectivity index (χ3n) is 4.27. The molecule has 2 aromatic carbocycles. The fourth-order valence-corrected chi connectivity index (χ4v) is 4.15. The molecule has 0 spiro atoms. The lowest BCUT2D eigenvalue weighted by atomic mass is 10.0. The van der Waals surface area contributed by atoms with E-state index in [2.05, 4.69) is 50.8 Å². The highest BCUT2D eigenvalue weighted by atomic mass is 32.2. The Hall–Kier alpha value is -2.46. The summed E-state index contributed by atoms with van der Waals surface area (Å²) >= 11 is 1.62. The Labute approximate surface area is 159 Å². The number of nitrogens with zero attached hydrogens (tertiary/aromatic N) is 1. The molecule has 0 radical (unpaired) electrons. The van der Waals surface area contributed by atoms with Crippen molar-refractivity contribution in [2.45, 2.75) is 25.2 Å². The quantitative estimate of drug-likeness (QED) is 0.479. The molecule has 134 valence electrons. The van der Waals surface area contributed by atoms with Gasteiger partial charge in [0.2, 0.25) is 0 Å². The van der Waals surface area contributed by atoms with Gasteiger partial charge in [0.25, 0.3) is 0 Å². The molecular weight excluding hydrogens is 342 g/mol. The maximum absolute atomic E-state index is 12.3. The van der Waals surface area contributed by atoms with Gasteiger partial charge >= 0.3 is 6.09 Å². The number of ether oxygens (including phenoxy) is 1. The average molecular weight is 365 g/mol. The first-order valence-electron chi connectivity index (χ1n) is 8.69. The van der Waals surface area contributed by atoms with E-state index in [0.29, 0.717) is 19.6 Å². The van der Waals surface area contributed by atoms with Crippen LogP contribution in [-0.2, 0) is 4.74 Å². The van der Waals surface area contributed by atoms with Gasteiger partial charge in [-0.3, -0.25) is 4.90 Å². The monoisotopic (exact) mass is 365 g/mol. The van der Waals surface area contributed by atoms with E-state index in [1.165, 1.54) is 11.1 Å². The van der Waals surface area contributed by atoms with Crippen LogP contribution in [0.4, 0.5) is 4.79 Å². The van der Waals surface area contributed by atoms with Gasteiger partial charge in [0.05, 0.1) is 11.6 Å². The predicted molar refractivity (Wildman–Crippen MR) is 108 cm³/mol. The Morgan fingerprint density at radius 3 is 2.62 bits per heavy atom. The molecule has 4 heteroatoms. The molecule has 1 heterocycles. The summed E-state index contributed by atoms with van der Waals surface area (Å²) in [6.07, 6.45) is 2.28. The van der Waals surface area contributed by atoms with E-state index >= 15 is 0 Å². The van der Waals surface area contributed by atoms with Crippen LogP contribution in [0.25, 0.3) is 5.57 Å². The van der Waals surface area contributed by atoms with Crippen molar-refractivity contribution in [2.75, 3.05) is 13.2 Å². The lowest BCUT2D eigenvalue weighted by Crippen LogP contribution is -2.23. The first-order chi connectivity index (χ1) is 12.6. The Morgan fingerprint density at radius 1 is 1.23 bits per heavy atom. The molecule has 3 nitrogen and oxygen atoms in total. The second kappa shape index (κ2) is 8.28. The van der Waals surface area contributed by atoms with E-state index in [0.717, 1.165) is 21.1 Å². The topological polar surface area (TPSA) is 29.5 Å². The SMILES string of the molecule is C=CC/C(=C(\Sc1ccc(C)cc1C)N1CCOC1=O)c1ccccc1. The number of benzene rings is 2. The van der Waals surface area contributed by atoms with Crippen LogP contribution in [0, 0.1) is 13.8 Å². The minimum atomic E-state index is -0.283. The van der Waals surface area contributed by atoms with Crippen LogP contribution >= 0.6 is 11.8 Å². The highest BCUT2D eigenvalue weighted by molar-refractivity contribution is 8.03. The fourth-order valence-electron chi connectivity index (χ4n) is 2.99. The van der Waals surface area contributed by atoms with E-state index in [4.69, 9.17) is 4.74 Å². The van der Waals surface area contributed by atoms with Crippen LogP contribution in [0.1, 0.15) is 23.1 Å². The number of thioether (sulfide) groups is 1. The van der Waals surface area contributed by atoms with Gasteiger partial charge < -0.3 is 4.74 Å². The van der Waals surface area contributed by atoms with Gasteiger partial charge in [-0.05, 0) is 43.0 Å². The molecule has 1 aliphatic rings. The molecule has 3 rings (SSSR count). The summed E-state index contributed by atoms with van der Waals surface area (Å²) < 4.78 is 5.21. The van der Waals surface area contributed by atoms with Crippen LogP contribution in [0.15, 0.2) is 71.1 Å². The molecule has 0 aromatic heterocycles. The van der Waals surface area contributed by atoms with Gasteiger partial charge in [0, 0.05) is 4.90 Å². The number of aryl methyl sites for hydroxylation is 2. The van der Waals surface area contributed by atoms with E-state index in [9.17, 15) is 4.79 Å². The van der Waals surface area contributed by atoms with Gasteiger partial charge in [-0.25, -0.2) is 4.79 Å². The van der Waals surface area contributed by atoms with Crippen molar-refractivity contribution >= 4 is 23.4 Å². The number of hydrogen-bond acceptors (Lipinski definition) is 3. The Bertz CT molecular complexity index is 842. The van der Waals surface area contributed by atoms with E-state index in [1.54, 1.807) is 16.7 Å². The summed E-state index contributed by atoms with van der Waals surface area (Å²) in [5, 5.41) is 0.922. The van der Waals surface area contributed by atoms with E-state index in [1.807, 2.05) is 24.3 Å². The fraction of sp³-hybridized carbons (Fsp3) is 0.227. The van der Waals surface area contributed by atoms with Gasteiger partial charge in [-0.15, -0.1) is 6.58 Å². The van der Waals surface area contributed by atoms with Crippen LogP contribution < -0.4 is 0 Å². The third kappa shape index (κ3) is 4.02. The summed E-state index contributed by atoms with van der Waals surface area (Å²) in [5.74, 6) is 0. The van der Waals surface area contributed by atoms with E-state index < -0.39 is 0 Å². The van der Waals surface area contributed by atoms with Crippen LogP contribution in [-0.4, -0.2) is 24.1 Å². The summed E-state index contributed by atoms with van der Waals surface area (Å²) in [6.45, 7) is 9.09. The number of cyclic esters (lactones) is 1. The van der Waals surface area contributed by atoms with Crippen LogP contribution in [0.3, 0.4) is 0 Å². The summed E-state index contributed by atoms with van der Waals surface area (Å²) in [7, 11) is 0. The first-order valence-corrected chi connectivity index (χ1v) is 9.50. The molecule has 0 saturated carbocycles. The number of allylic oxidation sites excluding steroid dienone is 2. The number of carbonyl (C=O) groups is 1. The predicted octanol–water partition coefficient (Wildman–Crippen LogP) is 5.79. The van der Waals surface area contributed by atoms with Gasteiger partial charge in [-0.2, -0.15) is 0 Å². The first kappa shape index (κ1) is 18.3. The van der Waals surface area contributed by atoms with Crippen molar-refractivity contribution in [3.63, 3.8) is 0 Å². The highest BCUT2D eigenvalue weighted by Gasteiger charge is 2.29. The zero-order valence-electron chi connectivity index (χ0n) is 15.2. The van der Waals surface area contributed by atoms with Crippen molar-refractivity contribution in [3.8, 4) is 0 Å². The largest absolute Gasteiger partial charge is 0.447 e. The maximum Gasteiger partial charge on any atom is 0.414 e. The average Bonchev–Trinajstić information content (AvgIpc) is 3.06. The van der Waals surface area contributed by atoms with Crippen molar-refractivity contribution in [3.05, 3.63) is 82.9 Å². The standard InChI is InChI=1S/C22H23NO2S/c1-4-8-19(18-9-6-5-7-10-18)21(23-13-14-25-22(23)24)26-20-12-11-16(2)15-17(20)3/h4-7,9-12,15H,1,8,13-14H2,2-3H3/b21-19+. The lowest BCUT2D eigenvalue weighted by molar-refractivity contribution is 0.165. The summed E-state index contributed by atoms with van der Waals surface area (Å²) in [4.78, 5) is 15.2. The third-order valence-corrected chi connectivity index (χ3v) is 5.61. The highest BCUT2D eigenvalue weighted by Crippen LogP contribution is 2.39. The Balaban J connectivity index is 2.12. The summed E-state index contributed by atoms with van der Waals surface area (Å²) in [5.41, 5.74) is 4.61. The molecule has 1 aliphatic heterocycles. The molecule has 26 heavy (non-hydrogen) atoms. The Kier molecular flexibility index (Phi) is 5.84. The van der Waals surface area contributed by atoms with Crippen molar-refractivity contribution < 1.29 is 9.53 Å². The minimum Gasteiger partial charge on any atom is -0.447 e. The summed E-state index contributed by atoms with van der Waals surface area (Å²) in [6, 6.07) is 16.6. The normalized spacial score (nSPS) is 14.8. The molecule has 1 saturated heterocycles. The molecule has 0 bridgehead atoms. The molecule has 0 aliphatic carbocycles. The molecular formula is C22H23NO2S. The molecule has 0 unspecified atom stereocenters. The molecule has 2 aromatic rings. The van der Waals surface area contributed by atoms with Gasteiger partial charge in [0.15, 0.2) is 0 Å². The number of hydrogen-bond donors (Lipinski definition) is 0. The lowest BCUT2D eigenvalue weighted by Gasteiger charge is -2.22. The Morgan fingerprint density at radius 2 is 2.00 bits per heavy atom. The molecule has 0 atom stereocenters. The smallest absolute Gasteiger partial charge is 0.414 e. The van der Waals surface area contributed by atoms with Crippen LogP contribution in [0.5, 0.6) is 0 Å². The number of amides is 1.